The van der Waals surface area contributed by atoms with Gasteiger partial charge in [-0.15, -0.1) is 0 Å². The van der Waals surface area contributed by atoms with Gasteiger partial charge in [0.1, 0.15) is 12.1 Å². The molecule has 4 heteroatoms. The van der Waals surface area contributed by atoms with Gasteiger partial charge < -0.3 is 9.64 Å². The van der Waals surface area contributed by atoms with Crippen LogP contribution in [0, 0.1) is 5.92 Å². The molecule has 2 rings (SSSR count). The summed E-state index contributed by atoms with van der Waals surface area (Å²) in [4.78, 5) is 25.9. The number of morpholine rings is 1. The van der Waals surface area contributed by atoms with Crippen molar-refractivity contribution >= 4 is 11.9 Å². The average Bonchev–Trinajstić information content (AvgIpc) is 3.18. The molecule has 3 unspecified atom stereocenters. The standard InChI is InChI=1S/C21H37NO3/c1-3-4-5-6-7-8-9-10-11-12-13-14-17(2)20(23)22-16-18-15-19(22)21(24)25-18/h17-19H,3-16H2,1-2H3. The van der Waals surface area contributed by atoms with Crippen LogP contribution < -0.4 is 0 Å². The van der Waals surface area contributed by atoms with Gasteiger partial charge in [0.05, 0.1) is 6.54 Å². The zero-order valence-corrected chi connectivity index (χ0v) is 16.3. The largest absolute Gasteiger partial charge is 0.459 e. The maximum atomic E-state index is 12.5. The van der Waals surface area contributed by atoms with E-state index in [-0.39, 0.29) is 29.9 Å². The predicted octanol–water partition coefficient (Wildman–Crippen LogP) is 4.85. The van der Waals surface area contributed by atoms with Crippen LogP contribution >= 0.6 is 0 Å². The van der Waals surface area contributed by atoms with E-state index in [9.17, 15) is 9.59 Å². The fourth-order valence-electron chi connectivity index (χ4n) is 4.11. The molecule has 2 aliphatic rings. The van der Waals surface area contributed by atoms with Gasteiger partial charge in [0, 0.05) is 12.3 Å². The van der Waals surface area contributed by atoms with E-state index >= 15 is 0 Å². The number of hydrogen-bond donors (Lipinski definition) is 0. The summed E-state index contributed by atoms with van der Waals surface area (Å²) in [7, 11) is 0. The topological polar surface area (TPSA) is 46.6 Å². The first-order valence-electron chi connectivity index (χ1n) is 10.6. The lowest BCUT2D eigenvalue weighted by molar-refractivity contribution is -0.158. The van der Waals surface area contributed by atoms with E-state index in [1.54, 1.807) is 4.90 Å². The Morgan fingerprint density at radius 1 is 1.04 bits per heavy atom. The summed E-state index contributed by atoms with van der Waals surface area (Å²) in [6.07, 6.45) is 16.2. The molecule has 0 aromatic heterocycles. The average molecular weight is 352 g/mol. The highest BCUT2D eigenvalue weighted by Gasteiger charge is 2.48. The van der Waals surface area contributed by atoms with E-state index in [1.165, 1.54) is 64.2 Å². The molecule has 1 amide bonds. The number of fused-ring (bicyclic) bond motifs is 2. The number of amides is 1. The van der Waals surface area contributed by atoms with Crippen molar-refractivity contribution in [3.05, 3.63) is 0 Å². The number of esters is 1. The van der Waals surface area contributed by atoms with Crippen molar-refractivity contribution in [3.63, 3.8) is 0 Å². The molecule has 0 radical (unpaired) electrons. The molecule has 2 bridgehead atoms. The number of hydrogen-bond acceptors (Lipinski definition) is 3. The van der Waals surface area contributed by atoms with Crippen LogP contribution in [0.4, 0.5) is 0 Å². The Morgan fingerprint density at radius 2 is 1.60 bits per heavy atom. The van der Waals surface area contributed by atoms with Crippen LogP contribution in [0.15, 0.2) is 0 Å². The number of unbranched alkanes of at least 4 members (excludes halogenated alkanes) is 10. The third-order valence-electron chi connectivity index (χ3n) is 5.76. The molecule has 144 valence electrons. The molecule has 2 heterocycles. The summed E-state index contributed by atoms with van der Waals surface area (Å²) in [6, 6.07) is -0.294. The van der Waals surface area contributed by atoms with Crippen LogP contribution in [-0.4, -0.2) is 35.5 Å². The number of carbonyl (C=O) groups is 2. The lowest BCUT2D eigenvalue weighted by Gasteiger charge is -2.28. The second-order valence-corrected chi connectivity index (χ2v) is 8.03. The van der Waals surface area contributed by atoms with E-state index in [4.69, 9.17) is 4.74 Å². The van der Waals surface area contributed by atoms with Crippen LogP contribution in [0.2, 0.25) is 0 Å². The van der Waals surface area contributed by atoms with Crippen LogP contribution in [0.5, 0.6) is 0 Å². The molecule has 2 fully saturated rings. The normalized spacial score (nSPS) is 23.1. The zero-order valence-electron chi connectivity index (χ0n) is 16.3. The summed E-state index contributed by atoms with van der Waals surface area (Å²) >= 11 is 0. The molecule has 0 spiro atoms. The Labute approximate surface area is 153 Å². The third kappa shape index (κ3) is 6.31. The Kier molecular flexibility index (Phi) is 8.77. The van der Waals surface area contributed by atoms with E-state index < -0.39 is 0 Å². The zero-order chi connectivity index (χ0) is 18.1. The third-order valence-corrected chi connectivity index (χ3v) is 5.76. The monoisotopic (exact) mass is 351 g/mol. The highest BCUT2D eigenvalue weighted by molar-refractivity contribution is 5.88. The maximum Gasteiger partial charge on any atom is 0.329 e. The van der Waals surface area contributed by atoms with Crippen molar-refractivity contribution in [2.75, 3.05) is 6.54 Å². The van der Waals surface area contributed by atoms with E-state index in [0.717, 1.165) is 12.8 Å². The first-order chi connectivity index (χ1) is 12.1. The minimum absolute atomic E-state index is 0.0331. The van der Waals surface area contributed by atoms with Crippen LogP contribution in [-0.2, 0) is 14.3 Å². The molecule has 2 saturated heterocycles. The van der Waals surface area contributed by atoms with Gasteiger partial charge in [-0.3, -0.25) is 4.79 Å². The number of rotatable bonds is 13. The van der Waals surface area contributed by atoms with E-state index in [1.807, 2.05) is 6.92 Å². The molecular formula is C21H37NO3. The number of carbonyl (C=O) groups excluding carboxylic acids is 2. The van der Waals surface area contributed by atoms with Crippen LogP contribution in [0.1, 0.15) is 97.3 Å². The van der Waals surface area contributed by atoms with Crippen molar-refractivity contribution in [1.29, 1.82) is 0 Å². The van der Waals surface area contributed by atoms with E-state index in [2.05, 4.69) is 6.92 Å². The second-order valence-electron chi connectivity index (χ2n) is 8.03. The van der Waals surface area contributed by atoms with Crippen LogP contribution in [0.25, 0.3) is 0 Å². The lowest BCUT2D eigenvalue weighted by atomic mass is 9.99. The SMILES string of the molecule is CCCCCCCCCCCCCC(C)C(=O)N1CC2CC1C(=O)O2. The predicted molar refractivity (Wildman–Crippen MR) is 100 cm³/mol. The van der Waals surface area contributed by atoms with Gasteiger partial charge in [0.15, 0.2) is 0 Å². The molecule has 4 nitrogen and oxygen atoms in total. The molecular weight excluding hydrogens is 314 g/mol. The first kappa shape index (κ1) is 20.3. The van der Waals surface area contributed by atoms with Gasteiger partial charge in [0.2, 0.25) is 5.91 Å². The Balaban J connectivity index is 1.45. The molecule has 2 aliphatic heterocycles. The fraction of sp³-hybridized carbons (Fsp3) is 0.905. The fourth-order valence-corrected chi connectivity index (χ4v) is 4.11. The van der Waals surface area contributed by atoms with Gasteiger partial charge in [-0.05, 0) is 6.42 Å². The summed E-state index contributed by atoms with van der Waals surface area (Å²) < 4.78 is 5.16. The lowest BCUT2D eigenvalue weighted by Crippen LogP contribution is -2.46. The summed E-state index contributed by atoms with van der Waals surface area (Å²) in [5.41, 5.74) is 0. The number of nitrogens with zero attached hydrogens (tertiary/aromatic N) is 1. The van der Waals surface area contributed by atoms with Gasteiger partial charge >= 0.3 is 5.97 Å². The molecule has 0 aromatic rings. The van der Waals surface area contributed by atoms with Crippen molar-refractivity contribution in [3.8, 4) is 0 Å². The van der Waals surface area contributed by atoms with Crippen LogP contribution in [0.3, 0.4) is 0 Å². The molecule has 0 N–H and O–H groups in total. The Morgan fingerprint density at radius 3 is 2.12 bits per heavy atom. The van der Waals surface area contributed by atoms with Gasteiger partial charge in [-0.25, -0.2) is 4.79 Å². The first-order valence-corrected chi connectivity index (χ1v) is 10.6. The van der Waals surface area contributed by atoms with Gasteiger partial charge in [0.25, 0.3) is 0 Å². The Hall–Kier alpha value is -1.06. The van der Waals surface area contributed by atoms with E-state index in [0.29, 0.717) is 13.0 Å². The van der Waals surface area contributed by atoms with Crippen molar-refractivity contribution in [2.45, 2.75) is 109 Å². The molecule has 0 saturated carbocycles. The smallest absolute Gasteiger partial charge is 0.329 e. The van der Waals surface area contributed by atoms with Crippen molar-refractivity contribution in [2.24, 2.45) is 5.92 Å². The van der Waals surface area contributed by atoms with Gasteiger partial charge in [-0.2, -0.15) is 0 Å². The highest BCUT2D eigenvalue weighted by Crippen LogP contribution is 2.30. The number of likely N-dealkylation sites (tertiary alicyclic amines) is 1. The van der Waals surface area contributed by atoms with Gasteiger partial charge in [-0.1, -0.05) is 84.5 Å². The summed E-state index contributed by atoms with van der Waals surface area (Å²) in [6.45, 7) is 4.88. The minimum atomic E-state index is -0.294. The highest BCUT2D eigenvalue weighted by atomic mass is 16.6. The molecule has 0 aliphatic carbocycles. The maximum absolute atomic E-state index is 12.5. The summed E-state index contributed by atoms with van der Waals surface area (Å²) in [5.74, 6) is -0.0200. The summed E-state index contributed by atoms with van der Waals surface area (Å²) in [5, 5.41) is 0. The van der Waals surface area contributed by atoms with Crippen molar-refractivity contribution < 1.29 is 14.3 Å². The second kappa shape index (κ2) is 10.8. The van der Waals surface area contributed by atoms with Crippen molar-refractivity contribution in [1.82, 2.24) is 4.90 Å². The molecule has 25 heavy (non-hydrogen) atoms. The minimum Gasteiger partial charge on any atom is -0.459 e. The molecule has 0 aromatic carbocycles. The number of ether oxygens (including phenoxy) is 1. The molecule has 3 atom stereocenters. The Bertz CT molecular complexity index is 423. The quantitative estimate of drug-likeness (QED) is 0.352.